The number of nitrogens with two attached hydrogens (primary N) is 1. The first-order valence-corrected chi connectivity index (χ1v) is 6.43. The summed E-state index contributed by atoms with van der Waals surface area (Å²) >= 11 is 0. The minimum atomic E-state index is 0.540. The van der Waals surface area contributed by atoms with Gasteiger partial charge >= 0.3 is 0 Å². The average Bonchev–Trinajstić information content (AvgIpc) is 2.47. The van der Waals surface area contributed by atoms with Crippen molar-refractivity contribution in [2.24, 2.45) is 5.73 Å². The number of aromatic nitrogens is 1. The Morgan fingerprint density at radius 3 is 2.68 bits per heavy atom. The maximum absolute atomic E-state index is 5.73. The van der Waals surface area contributed by atoms with Gasteiger partial charge in [0.1, 0.15) is 0 Å². The van der Waals surface area contributed by atoms with Gasteiger partial charge in [-0.15, -0.1) is 0 Å². The summed E-state index contributed by atoms with van der Waals surface area (Å²) < 4.78 is 5.53. The fourth-order valence-corrected chi connectivity index (χ4v) is 1.90. The standard InChI is InChI=1S/C15H19N3O/c1-2-19-14-8-5-9-17-15(14)18-11-13-7-4-3-6-12(13)10-16/h3-9H,2,10-11,16H2,1H3,(H,17,18). The van der Waals surface area contributed by atoms with Crippen molar-refractivity contribution >= 4 is 5.82 Å². The van der Waals surface area contributed by atoms with Crippen molar-refractivity contribution in [2.75, 3.05) is 11.9 Å². The van der Waals surface area contributed by atoms with Crippen LogP contribution in [0.3, 0.4) is 0 Å². The number of nitrogens with zero attached hydrogens (tertiary/aromatic N) is 1. The first-order valence-electron chi connectivity index (χ1n) is 6.43. The number of ether oxygens (including phenoxy) is 1. The predicted molar refractivity (Wildman–Crippen MR) is 77.1 cm³/mol. The van der Waals surface area contributed by atoms with E-state index in [4.69, 9.17) is 10.5 Å². The first-order chi connectivity index (χ1) is 9.35. The summed E-state index contributed by atoms with van der Waals surface area (Å²) in [5.41, 5.74) is 8.05. The molecule has 1 heterocycles. The number of hydrogen-bond donors (Lipinski definition) is 2. The highest BCUT2D eigenvalue weighted by Gasteiger charge is 2.05. The Morgan fingerprint density at radius 2 is 1.95 bits per heavy atom. The predicted octanol–water partition coefficient (Wildman–Crippen LogP) is 2.55. The SMILES string of the molecule is CCOc1cccnc1NCc1ccccc1CN. The van der Waals surface area contributed by atoms with Crippen LogP contribution in [0.2, 0.25) is 0 Å². The molecule has 0 fully saturated rings. The number of nitrogens with one attached hydrogen (secondary N) is 1. The molecule has 0 bridgehead atoms. The van der Waals surface area contributed by atoms with Crippen molar-refractivity contribution in [2.45, 2.75) is 20.0 Å². The van der Waals surface area contributed by atoms with Crippen molar-refractivity contribution in [3.63, 3.8) is 0 Å². The Morgan fingerprint density at radius 1 is 1.16 bits per heavy atom. The van der Waals surface area contributed by atoms with Crippen LogP contribution in [0.25, 0.3) is 0 Å². The van der Waals surface area contributed by atoms with E-state index in [1.54, 1.807) is 6.20 Å². The summed E-state index contributed by atoms with van der Waals surface area (Å²) in [6.07, 6.45) is 1.75. The molecular formula is C15H19N3O. The molecule has 0 unspecified atom stereocenters. The summed E-state index contributed by atoms with van der Waals surface area (Å²) in [5.74, 6) is 1.53. The second kappa shape index (κ2) is 6.75. The monoisotopic (exact) mass is 257 g/mol. The van der Waals surface area contributed by atoms with E-state index in [9.17, 15) is 0 Å². The van der Waals surface area contributed by atoms with E-state index >= 15 is 0 Å². The normalized spacial score (nSPS) is 10.2. The minimum absolute atomic E-state index is 0.540. The van der Waals surface area contributed by atoms with Crippen LogP contribution in [0, 0.1) is 0 Å². The molecule has 0 aliphatic carbocycles. The number of pyridine rings is 1. The molecule has 0 atom stereocenters. The third kappa shape index (κ3) is 3.45. The Labute approximate surface area is 113 Å². The average molecular weight is 257 g/mol. The largest absolute Gasteiger partial charge is 0.490 e. The molecule has 0 radical (unpaired) electrons. The quantitative estimate of drug-likeness (QED) is 0.835. The number of rotatable bonds is 6. The van der Waals surface area contributed by atoms with Crippen molar-refractivity contribution in [1.29, 1.82) is 0 Å². The van der Waals surface area contributed by atoms with Gasteiger partial charge in [0.05, 0.1) is 6.61 Å². The molecule has 2 rings (SSSR count). The molecule has 100 valence electrons. The zero-order valence-corrected chi connectivity index (χ0v) is 11.1. The highest BCUT2D eigenvalue weighted by Crippen LogP contribution is 2.21. The summed E-state index contributed by atoms with van der Waals surface area (Å²) in [6.45, 7) is 3.81. The minimum Gasteiger partial charge on any atom is -0.490 e. The van der Waals surface area contributed by atoms with Crippen LogP contribution < -0.4 is 15.8 Å². The maximum atomic E-state index is 5.73. The van der Waals surface area contributed by atoms with Gasteiger partial charge in [-0.1, -0.05) is 24.3 Å². The molecule has 4 nitrogen and oxygen atoms in total. The highest BCUT2D eigenvalue weighted by molar-refractivity contribution is 5.50. The van der Waals surface area contributed by atoms with Crippen LogP contribution in [0.15, 0.2) is 42.6 Å². The fraction of sp³-hybridized carbons (Fsp3) is 0.267. The van der Waals surface area contributed by atoms with Gasteiger partial charge in [-0.3, -0.25) is 0 Å². The molecule has 0 saturated carbocycles. The third-order valence-electron chi connectivity index (χ3n) is 2.86. The Hall–Kier alpha value is -2.07. The van der Waals surface area contributed by atoms with Crippen LogP contribution >= 0.6 is 0 Å². The smallest absolute Gasteiger partial charge is 0.169 e. The summed E-state index contributed by atoms with van der Waals surface area (Å²) in [6, 6.07) is 11.9. The zero-order valence-electron chi connectivity index (χ0n) is 11.1. The maximum Gasteiger partial charge on any atom is 0.169 e. The molecule has 3 N–H and O–H groups in total. The van der Waals surface area contributed by atoms with E-state index in [1.165, 1.54) is 5.56 Å². The van der Waals surface area contributed by atoms with E-state index in [1.807, 2.05) is 37.3 Å². The van der Waals surface area contributed by atoms with Gasteiger partial charge in [0.2, 0.25) is 0 Å². The van der Waals surface area contributed by atoms with Crippen LogP contribution in [0.1, 0.15) is 18.1 Å². The topological polar surface area (TPSA) is 60.2 Å². The van der Waals surface area contributed by atoms with Crippen molar-refractivity contribution < 1.29 is 4.74 Å². The number of hydrogen-bond acceptors (Lipinski definition) is 4. The van der Waals surface area contributed by atoms with Gasteiger partial charge in [-0.25, -0.2) is 4.98 Å². The molecule has 0 aliphatic heterocycles. The van der Waals surface area contributed by atoms with Crippen LogP contribution in [-0.2, 0) is 13.1 Å². The van der Waals surface area contributed by atoms with Crippen LogP contribution in [-0.4, -0.2) is 11.6 Å². The lowest BCUT2D eigenvalue weighted by Crippen LogP contribution is -2.08. The molecule has 1 aromatic heterocycles. The molecule has 19 heavy (non-hydrogen) atoms. The van der Waals surface area contributed by atoms with E-state index in [-0.39, 0.29) is 0 Å². The lowest BCUT2D eigenvalue weighted by atomic mass is 10.1. The number of anilines is 1. The molecule has 0 saturated heterocycles. The molecule has 2 aromatic rings. The second-order valence-corrected chi connectivity index (χ2v) is 4.11. The van der Waals surface area contributed by atoms with Gasteiger partial charge < -0.3 is 15.8 Å². The summed E-state index contributed by atoms with van der Waals surface area (Å²) in [5, 5.41) is 3.30. The van der Waals surface area contributed by atoms with Gasteiger partial charge in [0.15, 0.2) is 11.6 Å². The Balaban J connectivity index is 2.10. The van der Waals surface area contributed by atoms with Crippen molar-refractivity contribution in [1.82, 2.24) is 4.98 Å². The van der Waals surface area contributed by atoms with Crippen molar-refractivity contribution in [3.8, 4) is 5.75 Å². The summed E-state index contributed by atoms with van der Waals surface area (Å²) in [4.78, 5) is 4.30. The zero-order chi connectivity index (χ0) is 13.5. The fourth-order valence-electron chi connectivity index (χ4n) is 1.90. The lowest BCUT2D eigenvalue weighted by molar-refractivity contribution is 0.340. The molecule has 1 aromatic carbocycles. The van der Waals surface area contributed by atoms with Gasteiger partial charge in [-0.2, -0.15) is 0 Å². The second-order valence-electron chi connectivity index (χ2n) is 4.11. The third-order valence-corrected chi connectivity index (χ3v) is 2.86. The molecular weight excluding hydrogens is 238 g/mol. The van der Waals surface area contributed by atoms with Gasteiger partial charge in [0, 0.05) is 19.3 Å². The highest BCUT2D eigenvalue weighted by atomic mass is 16.5. The molecule has 4 heteroatoms. The Bertz CT molecular complexity index is 528. The molecule has 0 aliphatic rings. The molecule has 0 spiro atoms. The van der Waals surface area contributed by atoms with Gasteiger partial charge in [0.25, 0.3) is 0 Å². The van der Waals surface area contributed by atoms with Crippen LogP contribution in [0.4, 0.5) is 5.82 Å². The first kappa shape index (κ1) is 13.4. The van der Waals surface area contributed by atoms with Crippen LogP contribution in [0.5, 0.6) is 5.75 Å². The van der Waals surface area contributed by atoms with E-state index in [2.05, 4.69) is 16.4 Å². The van der Waals surface area contributed by atoms with E-state index < -0.39 is 0 Å². The summed E-state index contributed by atoms with van der Waals surface area (Å²) in [7, 11) is 0. The van der Waals surface area contributed by atoms with E-state index in [0.717, 1.165) is 17.1 Å². The van der Waals surface area contributed by atoms with Crippen molar-refractivity contribution in [3.05, 3.63) is 53.7 Å². The molecule has 0 amide bonds. The van der Waals surface area contributed by atoms with Gasteiger partial charge in [-0.05, 0) is 30.2 Å². The number of benzene rings is 1. The Kier molecular flexibility index (Phi) is 4.75. The van der Waals surface area contributed by atoms with E-state index in [0.29, 0.717) is 19.7 Å². The lowest BCUT2D eigenvalue weighted by Gasteiger charge is -2.12.